The smallest absolute Gasteiger partial charge is 0.233 e. The third-order valence-corrected chi connectivity index (χ3v) is 6.41. The molecule has 1 aliphatic carbocycles. The molecule has 1 aliphatic heterocycles. The molecule has 2 aliphatic rings. The molecule has 28 heavy (non-hydrogen) atoms. The lowest BCUT2D eigenvalue weighted by molar-refractivity contribution is -0.134. The van der Waals surface area contributed by atoms with Crippen LogP contribution in [-0.4, -0.2) is 56.8 Å². The number of piperazine rings is 1. The first kappa shape index (κ1) is 17.7. The average molecular weight is 417 g/mol. The standard InChI is InChI=1S/C19H18Cl2N6O/c20-14-2-1-13(11-15(14)21)19(5-6-19)18(28)26-9-7-25(8-10-26)17-4-3-16-23-22-12-27(16)24-17/h1-4,11-12H,5-10H2. The number of hydrogen-bond donors (Lipinski definition) is 0. The molecule has 0 spiro atoms. The van der Waals surface area contributed by atoms with Crippen LogP contribution >= 0.6 is 23.2 Å². The highest BCUT2D eigenvalue weighted by atomic mass is 35.5. The first-order valence-corrected chi connectivity index (χ1v) is 9.99. The Labute approximate surface area is 171 Å². The summed E-state index contributed by atoms with van der Waals surface area (Å²) in [6, 6.07) is 9.38. The third kappa shape index (κ3) is 2.89. The van der Waals surface area contributed by atoms with Crippen LogP contribution in [0.5, 0.6) is 0 Å². The monoisotopic (exact) mass is 416 g/mol. The molecule has 0 N–H and O–H groups in total. The Kier molecular flexibility index (Phi) is 4.17. The van der Waals surface area contributed by atoms with Gasteiger partial charge in [0.05, 0.1) is 15.5 Å². The fourth-order valence-electron chi connectivity index (χ4n) is 3.87. The van der Waals surface area contributed by atoms with Gasteiger partial charge in [-0.2, -0.15) is 4.52 Å². The van der Waals surface area contributed by atoms with Crippen LogP contribution in [0.15, 0.2) is 36.7 Å². The molecule has 9 heteroatoms. The van der Waals surface area contributed by atoms with Crippen molar-refractivity contribution < 1.29 is 4.79 Å². The molecule has 0 radical (unpaired) electrons. The molecular formula is C19H18Cl2N6O. The summed E-state index contributed by atoms with van der Waals surface area (Å²) in [5.41, 5.74) is 1.25. The maximum absolute atomic E-state index is 13.3. The van der Waals surface area contributed by atoms with Crippen LogP contribution in [0, 0.1) is 0 Å². The summed E-state index contributed by atoms with van der Waals surface area (Å²) in [4.78, 5) is 17.4. The van der Waals surface area contributed by atoms with Crippen molar-refractivity contribution in [2.75, 3.05) is 31.1 Å². The fraction of sp³-hybridized carbons (Fsp3) is 0.368. The largest absolute Gasteiger partial charge is 0.352 e. The van der Waals surface area contributed by atoms with Crippen molar-refractivity contribution in [2.24, 2.45) is 0 Å². The Hall–Kier alpha value is -2.38. The number of fused-ring (bicyclic) bond motifs is 1. The van der Waals surface area contributed by atoms with Crippen LogP contribution in [0.3, 0.4) is 0 Å². The van der Waals surface area contributed by atoms with Gasteiger partial charge in [-0.25, -0.2) is 0 Å². The number of amides is 1. The van der Waals surface area contributed by atoms with E-state index >= 15 is 0 Å². The van der Waals surface area contributed by atoms with Crippen molar-refractivity contribution >= 4 is 40.6 Å². The molecule has 2 aromatic heterocycles. The van der Waals surface area contributed by atoms with Crippen LogP contribution in [0.2, 0.25) is 10.0 Å². The van der Waals surface area contributed by atoms with Gasteiger partial charge in [0.2, 0.25) is 5.91 Å². The van der Waals surface area contributed by atoms with Crippen LogP contribution in [0.1, 0.15) is 18.4 Å². The van der Waals surface area contributed by atoms with Crippen molar-refractivity contribution in [1.82, 2.24) is 24.7 Å². The molecule has 1 aromatic carbocycles. The highest BCUT2D eigenvalue weighted by Crippen LogP contribution is 2.50. The van der Waals surface area contributed by atoms with E-state index in [-0.39, 0.29) is 5.91 Å². The van der Waals surface area contributed by atoms with E-state index < -0.39 is 5.41 Å². The summed E-state index contributed by atoms with van der Waals surface area (Å²) in [6.07, 6.45) is 3.30. The summed E-state index contributed by atoms with van der Waals surface area (Å²) < 4.78 is 1.66. The zero-order valence-electron chi connectivity index (χ0n) is 15.1. The van der Waals surface area contributed by atoms with Crippen molar-refractivity contribution in [2.45, 2.75) is 18.3 Å². The molecular weight excluding hydrogens is 399 g/mol. The second-order valence-electron chi connectivity index (χ2n) is 7.32. The van der Waals surface area contributed by atoms with Gasteiger partial charge in [-0.1, -0.05) is 29.3 Å². The number of anilines is 1. The second kappa shape index (κ2) is 6.60. The maximum atomic E-state index is 13.3. The van der Waals surface area contributed by atoms with Crippen molar-refractivity contribution in [3.8, 4) is 0 Å². The number of nitrogens with zero attached hydrogens (tertiary/aromatic N) is 6. The van der Waals surface area contributed by atoms with Gasteiger partial charge in [-0.3, -0.25) is 4.79 Å². The van der Waals surface area contributed by atoms with Crippen molar-refractivity contribution in [1.29, 1.82) is 0 Å². The first-order chi connectivity index (χ1) is 13.6. The zero-order chi connectivity index (χ0) is 19.3. The number of aromatic nitrogens is 4. The number of rotatable bonds is 3. The Bertz CT molecular complexity index is 1060. The lowest BCUT2D eigenvalue weighted by atomic mass is 9.94. The predicted molar refractivity (Wildman–Crippen MR) is 107 cm³/mol. The van der Waals surface area contributed by atoms with Gasteiger partial charge in [-0.05, 0) is 42.7 Å². The Morgan fingerprint density at radius 3 is 2.50 bits per heavy atom. The SMILES string of the molecule is O=C(N1CCN(c2ccc3nncn3n2)CC1)C1(c2ccc(Cl)c(Cl)c2)CC1. The minimum atomic E-state index is -0.434. The molecule has 0 bridgehead atoms. The van der Waals surface area contributed by atoms with Gasteiger partial charge in [0.1, 0.15) is 12.1 Å². The van der Waals surface area contributed by atoms with Crippen LogP contribution < -0.4 is 4.90 Å². The summed E-state index contributed by atoms with van der Waals surface area (Å²) >= 11 is 12.2. The van der Waals surface area contributed by atoms with Crippen LogP contribution in [0.4, 0.5) is 5.82 Å². The van der Waals surface area contributed by atoms with Gasteiger partial charge >= 0.3 is 0 Å². The molecule has 144 valence electrons. The highest BCUT2D eigenvalue weighted by Gasteiger charge is 2.53. The topological polar surface area (TPSA) is 66.6 Å². The summed E-state index contributed by atoms with van der Waals surface area (Å²) in [7, 11) is 0. The lowest BCUT2D eigenvalue weighted by Gasteiger charge is -2.37. The average Bonchev–Trinajstić information content (AvgIpc) is 3.40. The molecule has 1 saturated carbocycles. The van der Waals surface area contributed by atoms with E-state index in [0.717, 1.165) is 43.0 Å². The third-order valence-electron chi connectivity index (χ3n) is 5.67. The summed E-state index contributed by atoms with van der Waals surface area (Å²) in [6.45, 7) is 2.82. The Morgan fingerprint density at radius 1 is 1.00 bits per heavy atom. The number of halogens is 2. The fourth-order valence-corrected chi connectivity index (χ4v) is 4.17. The van der Waals surface area contributed by atoms with Gasteiger partial charge in [0.15, 0.2) is 5.65 Å². The van der Waals surface area contributed by atoms with E-state index in [0.29, 0.717) is 23.1 Å². The summed E-state index contributed by atoms with van der Waals surface area (Å²) in [5.74, 6) is 1.05. The Balaban J connectivity index is 1.29. The quantitative estimate of drug-likeness (QED) is 0.656. The molecule has 1 saturated heterocycles. The molecule has 1 amide bonds. The molecule has 0 unspecified atom stereocenters. The second-order valence-corrected chi connectivity index (χ2v) is 8.13. The van der Waals surface area contributed by atoms with E-state index in [1.54, 1.807) is 16.9 Å². The molecule has 3 aromatic rings. The van der Waals surface area contributed by atoms with Gasteiger partial charge in [0, 0.05) is 26.2 Å². The Morgan fingerprint density at radius 2 is 1.79 bits per heavy atom. The van der Waals surface area contributed by atoms with Crippen LogP contribution in [-0.2, 0) is 10.2 Å². The van der Waals surface area contributed by atoms with Gasteiger partial charge in [0.25, 0.3) is 0 Å². The first-order valence-electron chi connectivity index (χ1n) is 9.24. The van der Waals surface area contributed by atoms with Gasteiger partial charge in [-0.15, -0.1) is 15.3 Å². The normalized spacial score (nSPS) is 18.5. The minimum Gasteiger partial charge on any atom is -0.352 e. The van der Waals surface area contributed by atoms with Crippen molar-refractivity contribution in [3.63, 3.8) is 0 Å². The number of carbonyl (C=O) groups excluding carboxylic acids is 1. The molecule has 5 rings (SSSR count). The maximum Gasteiger partial charge on any atom is 0.233 e. The van der Waals surface area contributed by atoms with E-state index in [4.69, 9.17) is 23.2 Å². The van der Waals surface area contributed by atoms with E-state index in [9.17, 15) is 4.79 Å². The molecule has 2 fully saturated rings. The molecule has 3 heterocycles. The highest BCUT2D eigenvalue weighted by molar-refractivity contribution is 6.42. The zero-order valence-corrected chi connectivity index (χ0v) is 16.6. The minimum absolute atomic E-state index is 0.188. The summed E-state index contributed by atoms with van der Waals surface area (Å²) in [5, 5.41) is 13.4. The molecule has 0 atom stereocenters. The van der Waals surface area contributed by atoms with Crippen LogP contribution in [0.25, 0.3) is 5.65 Å². The van der Waals surface area contributed by atoms with Crippen molar-refractivity contribution in [3.05, 3.63) is 52.3 Å². The molecule has 7 nitrogen and oxygen atoms in total. The number of carbonyl (C=O) groups is 1. The lowest BCUT2D eigenvalue weighted by Crippen LogP contribution is -2.51. The van der Waals surface area contributed by atoms with Gasteiger partial charge < -0.3 is 9.80 Å². The van der Waals surface area contributed by atoms with E-state index in [2.05, 4.69) is 20.2 Å². The van der Waals surface area contributed by atoms with E-state index in [1.807, 2.05) is 29.2 Å². The predicted octanol–water partition coefficient (Wildman–Crippen LogP) is 2.81. The van der Waals surface area contributed by atoms with E-state index in [1.165, 1.54) is 0 Å². The number of hydrogen-bond acceptors (Lipinski definition) is 5. The number of benzene rings is 1.